The van der Waals surface area contributed by atoms with Crippen LogP contribution >= 0.6 is 0 Å². The largest absolute Gasteiger partial charge is 0.488 e. The first-order valence-electron chi connectivity index (χ1n) is 7.23. The van der Waals surface area contributed by atoms with Crippen molar-refractivity contribution in [2.45, 2.75) is 37.8 Å². The van der Waals surface area contributed by atoms with E-state index in [9.17, 15) is 18.7 Å². The van der Waals surface area contributed by atoms with Crippen LogP contribution in [0.1, 0.15) is 26.2 Å². The van der Waals surface area contributed by atoms with Crippen molar-refractivity contribution in [3.05, 3.63) is 29.8 Å². The van der Waals surface area contributed by atoms with Gasteiger partial charge in [0.25, 0.3) is 0 Å². The van der Waals surface area contributed by atoms with Crippen LogP contribution in [0.5, 0.6) is 5.75 Å². The molecule has 0 bridgehead atoms. The summed E-state index contributed by atoms with van der Waals surface area (Å²) in [5.74, 6) is -1.53. The van der Waals surface area contributed by atoms with Gasteiger partial charge in [0.1, 0.15) is 12.4 Å². The Hall–Kier alpha value is -1.89. The van der Waals surface area contributed by atoms with Gasteiger partial charge < -0.3 is 20.5 Å². The van der Waals surface area contributed by atoms with Crippen molar-refractivity contribution in [3.63, 3.8) is 0 Å². The van der Waals surface area contributed by atoms with Crippen molar-refractivity contribution in [2.75, 3.05) is 13.2 Å². The van der Waals surface area contributed by atoms with Gasteiger partial charge in [-0.3, -0.25) is 0 Å². The molecule has 1 aliphatic rings. The zero-order chi connectivity index (χ0) is 16.2. The predicted molar refractivity (Wildman–Crippen MR) is 76.7 cm³/mol. The first-order chi connectivity index (χ1) is 10.4. The minimum Gasteiger partial charge on any atom is -0.488 e. The Balaban J connectivity index is 1.70. The molecule has 7 heteroatoms. The van der Waals surface area contributed by atoms with E-state index < -0.39 is 23.3 Å². The molecule has 22 heavy (non-hydrogen) atoms. The van der Waals surface area contributed by atoms with Crippen LogP contribution in [0, 0.1) is 11.6 Å². The molecule has 1 atom stereocenters. The van der Waals surface area contributed by atoms with Crippen LogP contribution in [0.4, 0.5) is 13.6 Å². The lowest BCUT2D eigenvalue weighted by molar-refractivity contribution is -0.0290. The molecule has 1 saturated carbocycles. The lowest BCUT2D eigenvalue weighted by Crippen LogP contribution is -2.51. The average Bonchev–Trinajstić information content (AvgIpc) is 2.42. The third kappa shape index (κ3) is 4.56. The smallest absolute Gasteiger partial charge is 0.315 e. The third-order valence-corrected chi connectivity index (χ3v) is 3.62. The normalized spacial score (nSPS) is 17.3. The Morgan fingerprint density at radius 3 is 2.77 bits per heavy atom. The van der Waals surface area contributed by atoms with Crippen LogP contribution in [0.25, 0.3) is 0 Å². The molecule has 1 aromatic rings. The van der Waals surface area contributed by atoms with Crippen molar-refractivity contribution >= 4 is 6.03 Å². The monoisotopic (exact) mass is 314 g/mol. The van der Waals surface area contributed by atoms with E-state index in [1.165, 1.54) is 6.07 Å². The van der Waals surface area contributed by atoms with Gasteiger partial charge in [-0.05, 0) is 38.3 Å². The SMILES string of the molecule is CC(COc1ccc(F)cc1F)NC(=O)NCC1(O)CCC1. The number of aliphatic hydroxyl groups is 1. The quantitative estimate of drug-likeness (QED) is 0.751. The Morgan fingerprint density at radius 2 is 2.18 bits per heavy atom. The van der Waals surface area contributed by atoms with Gasteiger partial charge in [-0.2, -0.15) is 0 Å². The molecule has 3 N–H and O–H groups in total. The fourth-order valence-electron chi connectivity index (χ4n) is 2.13. The van der Waals surface area contributed by atoms with Crippen LogP contribution in [0.15, 0.2) is 18.2 Å². The molecule has 0 spiro atoms. The minimum atomic E-state index is -0.788. The zero-order valence-electron chi connectivity index (χ0n) is 12.4. The summed E-state index contributed by atoms with van der Waals surface area (Å²) in [5.41, 5.74) is -0.783. The summed E-state index contributed by atoms with van der Waals surface area (Å²) in [4.78, 5) is 11.7. The van der Waals surface area contributed by atoms with E-state index in [0.29, 0.717) is 12.8 Å². The van der Waals surface area contributed by atoms with Crippen molar-refractivity contribution in [1.29, 1.82) is 0 Å². The van der Waals surface area contributed by atoms with Gasteiger partial charge in [0.05, 0.1) is 11.6 Å². The second-order valence-corrected chi connectivity index (χ2v) is 5.69. The summed E-state index contributed by atoms with van der Waals surface area (Å²) >= 11 is 0. The molecule has 0 aromatic heterocycles. The van der Waals surface area contributed by atoms with E-state index in [0.717, 1.165) is 18.6 Å². The maximum atomic E-state index is 13.4. The second kappa shape index (κ2) is 6.91. The number of hydrogen-bond donors (Lipinski definition) is 3. The summed E-state index contributed by atoms with van der Waals surface area (Å²) < 4.78 is 31.3. The fourth-order valence-corrected chi connectivity index (χ4v) is 2.13. The minimum absolute atomic E-state index is 0.0419. The Morgan fingerprint density at radius 1 is 1.45 bits per heavy atom. The van der Waals surface area contributed by atoms with Crippen molar-refractivity contribution < 1.29 is 23.4 Å². The number of carbonyl (C=O) groups excluding carboxylic acids is 1. The molecule has 1 unspecified atom stereocenters. The Kier molecular flexibility index (Phi) is 5.18. The lowest BCUT2D eigenvalue weighted by Gasteiger charge is -2.36. The molecule has 0 heterocycles. The number of ether oxygens (including phenoxy) is 1. The van der Waals surface area contributed by atoms with Gasteiger partial charge in [0, 0.05) is 12.6 Å². The number of halogens is 2. The number of carbonyl (C=O) groups is 1. The molecule has 0 radical (unpaired) electrons. The highest BCUT2D eigenvalue weighted by molar-refractivity contribution is 5.74. The summed E-state index contributed by atoms with van der Waals surface area (Å²) in [6.45, 7) is 1.94. The van der Waals surface area contributed by atoms with Gasteiger partial charge in [-0.25, -0.2) is 13.6 Å². The molecule has 1 aromatic carbocycles. The number of benzene rings is 1. The molecule has 1 aliphatic carbocycles. The van der Waals surface area contributed by atoms with Gasteiger partial charge in [-0.15, -0.1) is 0 Å². The summed E-state index contributed by atoms with van der Waals surface area (Å²) in [6.07, 6.45) is 2.35. The number of amides is 2. The van der Waals surface area contributed by atoms with Gasteiger partial charge in [-0.1, -0.05) is 0 Å². The average molecular weight is 314 g/mol. The van der Waals surface area contributed by atoms with Crippen LogP contribution in [-0.2, 0) is 0 Å². The van der Waals surface area contributed by atoms with Crippen LogP contribution < -0.4 is 15.4 Å². The summed E-state index contributed by atoms with van der Waals surface area (Å²) in [7, 11) is 0. The fraction of sp³-hybridized carbons (Fsp3) is 0.533. The molecule has 122 valence electrons. The Bertz CT molecular complexity index is 536. The maximum Gasteiger partial charge on any atom is 0.315 e. The summed E-state index contributed by atoms with van der Waals surface area (Å²) in [6, 6.07) is 2.24. The second-order valence-electron chi connectivity index (χ2n) is 5.69. The predicted octanol–water partition coefficient (Wildman–Crippen LogP) is 1.95. The topological polar surface area (TPSA) is 70.6 Å². The molecular weight excluding hydrogens is 294 g/mol. The van der Waals surface area contributed by atoms with Crippen LogP contribution in [0.3, 0.4) is 0 Å². The Labute approximate surface area is 127 Å². The van der Waals surface area contributed by atoms with E-state index in [4.69, 9.17) is 4.74 Å². The molecular formula is C15H20F2N2O3. The molecule has 1 fully saturated rings. The molecule has 2 amide bonds. The number of nitrogens with one attached hydrogen (secondary N) is 2. The number of urea groups is 1. The number of hydrogen-bond acceptors (Lipinski definition) is 3. The van der Waals surface area contributed by atoms with Gasteiger partial charge in [0.2, 0.25) is 0 Å². The van der Waals surface area contributed by atoms with Crippen molar-refractivity contribution in [3.8, 4) is 5.75 Å². The van der Waals surface area contributed by atoms with Crippen molar-refractivity contribution in [2.24, 2.45) is 0 Å². The van der Waals surface area contributed by atoms with Gasteiger partial charge >= 0.3 is 6.03 Å². The first kappa shape index (κ1) is 16.5. The zero-order valence-corrected chi connectivity index (χ0v) is 12.4. The maximum absolute atomic E-state index is 13.4. The van der Waals surface area contributed by atoms with E-state index in [1.807, 2.05) is 0 Å². The van der Waals surface area contributed by atoms with Crippen LogP contribution in [-0.4, -0.2) is 35.9 Å². The molecule has 0 aliphatic heterocycles. The van der Waals surface area contributed by atoms with Crippen molar-refractivity contribution in [1.82, 2.24) is 10.6 Å². The van der Waals surface area contributed by atoms with Crippen LogP contribution in [0.2, 0.25) is 0 Å². The highest BCUT2D eigenvalue weighted by Crippen LogP contribution is 2.30. The highest BCUT2D eigenvalue weighted by atomic mass is 19.1. The molecule has 0 saturated heterocycles. The highest BCUT2D eigenvalue weighted by Gasteiger charge is 2.34. The van der Waals surface area contributed by atoms with E-state index in [2.05, 4.69) is 10.6 Å². The lowest BCUT2D eigenvalue weighted by atomic mass is 9.80. The molecule has 2 rings (SSSR count). The third-order valence-electron chi connectivity index (χ3n) is 3.62. The van der Waals surface area contributed by atoms with E-state index >= 15 is 0 Å². The standard InChI is InChI=1S/C15H20F2N2O3/c1-10(8-22-13-4-3-11(16)7-12(13)17)19-14(20)18-9-15(21)5-2-6-15/h3-4,7,10,21H,2,5-6,8-9H2,1H3,(H2,18,19,20). The van der Waals surface area contributed by atoms with E-state index in [1.54, 1.807) is 6.92 Å². The first-order valence-corrected chi connectivity index (χ1v) is 7.23. The summed E-state index contributed by atoms with van der Waals surface area (Å²) in [5, 5.41) is 15.1. The number of rotatable bonds is 6. The molecule has 5 nitrogen and oxygen atoms in total. The van der Waals surface area contributed by atoms with Gasteiger partial charge in [0.15, 0.2) is 11.6 Å². The van der Waals surface area contributed by atoms with E-state index in [-0.39, 0.29) is 24.9 Å².